The lowest BCUT2D eigenvalue weighted by atomic mass is 9.76. The SMILES string of the molecule is O=C(O)CCCC=CC[C@@H]1[C@H](CCOC(=S)NCOc2ccccc2)[C@@H]2CC[C@H]1O2. The van der Waals surface area contributed by atoms with Crippen LogP contribution in [-0.2, 0) is 14.3 Å². The van der Waals surface area contributed by atoms with Gasteiger partial charge in [0.25, 0.3) is 5.17 Å². The molecule has 164 valence electrons. The molecule has 2 heterocycles. The predicted molar refractivity (Wildman–Crippen MR) is 118 cm³/mol. The molecule has 0 amide bonds. The first-order chi connectivity index (χ1) is 14.6. The molecule has 0 aromatic heterocycles. The molecule has 2 aliphatic rings. The Balaban J connectivity index is 1.33. The van der Waals surface area contributed by atoms with Crippen molar-refractivity contribution in [3.8, 4) is 5.75 Å². The molecular formula is C23H31NO5S. The third-order valence-electron chi connectivity index (χ3n) is 5.81. The van der Waals surface area contributed by atoms with E-state index in [0.29, 0.717) is 42.2 Å². The van der Waals surface area contributed by atoms with Crippen LogP contribution in [0, 0.1) is 11.8 Å². The topological polar surface area (TPSA) is 77.0 Å². The van der Waals surface area contributed by atoms with Gasteiger partial charge in [0.15, 0.2) is 6.73 Å². The highest BCUT2D eigenvalue weighted by Gasteiger charge is 2.47. The number of fused-ring (bicyclic) bond motifs is 2. The van der Waals surface area contributed by atoms with Gasteiger partial charge >= 0.3 is 5.97 Å². The predicted octanol–water partition coefficient (Wildman–Crippen LogP) is 4.30. The molecule has 4 atom stereocenters. The van der Waals surface area contributed by atoms with Crippen molar-refractivity contribution >= 4 is 23.4 Å². The number of carbonyl (C=O) groups is 1. The number of allylic oxidation sites excluding steroid dienone is 2. The Morgan fingerprint density at radius 1 is 1.20 bits per heavy atom. The second kappa shape index (κ2) is 11.9. The number of hydrogen-bond donors (Lipinski definition) is 2. The number of para-hydroxylation sites is 1. The Bertz CT molecular complexity index is 711. The summed E-state index contributed by atoms with van der Waals surface area (Å²) in [5.74, 6) is 1.04. The summed E-state index contributed by atoms with van der Waals surface area (Å²) in [6.07, 6.45) is 10.9. The highest BCUT2D eigenvalue weighted by Crippen LogP contribution is 2.46. The number of carboxylic acid groups (broad SMARTS) is 1. The van der Waals surface area contributed by atoms with Gasteiger partial charge in [-0.3, -0.25) is 4.79 Å². The Hall–Kier alpha value is -2.12. The lowest BCUT2D eigenvalue weighted by molar-refractivity contribution is -0.137. The van der Waals surface area contributed by atoms with Gasteiger partial charge in [0.1, 0.15) is 5.75 Å². The fourth-order valence-electron chi connectivity index (χ4n) is 4.37. The van der Waals surface area contributed by atoms with E-state index in [-0.39, 0.29) is 13.2 Å². The highest BCUT2D eigenvalue weighted by molar-refractivity contribution is 7.80. The first-order valence-corrected chi connectivity index (χ1v) is 11.1. The number of rotatable bonds is 12. The van der Waals surface area contributed by atoms with Crippen LogP contribution in [0.4, 0.5) is 0 Å². The van der Waals surface area contributed by atoms with Gasteiger partial charge in [-0.05, 0) is 74.7 Å². The summed E-state index contributed by atoms with van der Waals surface area (Å²) in [5.41, 5.74) is 0. The Morgan fingerprint density at radius 2 is 1.97 bits per heavy atom. The molecule has 2 fully saturated rings. The molecule has 2 N–H and O–H groups in total. The fraction of sp³-hybridized carbons (Fsp3) is 0.565. The molecule has 2 saturated heterocycles. The summed E-state index contributed by atoms with van der Waals surface area (Å²) in [7, 11) is 0. The summed E-state index contributed by atoms with van der Waals surface area (Å²) >= 11 is 5.24. The minimum Gasteiger partial charge on any atom is -0.481 e. The first kappa shape index (κ1) is 22.6. The molecule has 0 unspecified atom stereocenters. The standard InChI is InChI=1S/C23H31NO5S/c25-22(26)11-7-2-1-6-10-18-19(21-13-12-20(18)29-21)14-15-27-23(30)24-16-28-17-8-4-3-5-9-17/h1,3-6,8-9,18-21H,2,7,10-16H2,(H,24,30)(H,25,26)/t18-,19+,20-,21+/m1/s1. The lowest BCUT2D eigenvalue weighted by Crippen LogP contribution is -2.31. The summed E-state index contributed by atoms with van der Waals surface area (Å²) in [6.45, 7) is 0.836. The number of hydrogen-bond acceptors (Lipinski definition) is 5. The van der Waals surface area contributed by atoms with Crippen LogP contribution in [0.25, 0.3) is 0 Å². The van der Waals surface area contributed by atoms with E-state index >= 15 is 0 Å². The Labute approximate surface area is 183 Å². The summed E-state index contributed by atoms with van der Waals surface area (Å²) in [4.78, 5) is 10.6. The van der Waals surface area contributed by atoms with Gasteiger partial charge in [0, 0.05) is 6.42 Å². The normalized spacial score (nSPS) is 24.8. The van der Waals surface area contributed by atoms with Crippen LogP contribution in [0.15, 0.2) is 42.5 Å². The van der Waals surface area contributed by atoms with Gasteiger partial charge in [-0.25, -0.2) is 0 Å². The molecule has 3 rings (SSSR count). The van der Waals surface area contributed by atoms with E-state index < -0.39 is 5.97 Å². The van der Waals surface area contributed by atoms with Crippen molar-refractivity contribution in [2.75, 3.05) is 13.3 Å². The van der Waals surface area contributed by atoms with Gasteiger partial charge in [-0.15, -0.1) is 0 Å². The maximum Gasteiger partial charge on any atom is 0.303 e. The molecule has 0 aliphatic carbocycles. The fourth-order valence-corrected chi connectivity index (χ4v) is 4.52. The third-order valence-corrected chi connectivity index (χ3v) is 6.07. The van der Waals surface area contributed by atoms with E-state index in [2.05, 4.69) is 17.5 Å². The van der Waals surface area contributed by atoms with Crippen LogP contribution in [0.1, 0.15) is 44.9 Å². The molecule has 2 aliphatic heterocycles. The van der Waals surface area contributed by atoms with Crippen molar-refractivity contribution in [2.24, 2.45) is 11.8 Å². The number of carboxylic acids is 1. The van der Waals surface area contributed by atoms with E-state index in [9.17, 15) is 4.79 Å². The maximum atomic E-state index is 10.6. The second-order valence-electron chi connectivity index (χ2n) is 7.81. The maximum absolute atomic E-state index is 10.6. The number of ether oxygens (including phenoxy) is 3. The molecule has 0 spiro atoms. The molecular weight excluding hydrogens is 402 g/mol. The van der Waals surface area contributed by atoms with Crippen molar-refractivity contribution in [2.45, 2.75) is 57.2 Å². The zero-order chi connectivity index (χ0) is 21.2. The van der Waals surface area contributed by atoms with Crippen LogP contribution >= 0.6 is 12.2 Å². The highest BCUT2D eigenvalue weighted by atomic mass is 32.1. The second-order valence-corrected chi connectivity index (χ2v) is 8.19. The molecule has 0 saturated carbocycles. The Kier molecular flexibility index (Phi) is 8.96. The molecule has 0 radical (unpaired) electrons. The van der Waals surface area contributed by atoms with E-state index in [4.69, 9.17) is 31.5 Å². The zero-order valence-corrected chi connectivity index (χ0v) is 18.0. The van der Waals surface area contributed by atoms with Crippen molar-refractivity contribution in [1.29, 1.82) is 0 Å². The van der Waals surface area contributed by atoms with Gasteiger partial charge < -0.3 is 24.6 Å². The van der Waals surface area contributed by atoms with Crippen molar-refractivity contribution < 1.29 is 24.1 Å². The number of benzene rings is 1. The number of nitrogens with one attached hydrogen (secondary N) is 1. The molecule has 7 heteroatoms. The van der Waals surface area contributed by atoms with Gasteiger partial charge in [-0.2, -0.15) is 0 Å². The average Bonchev–Trinajstić information content (AvgIpc) is 3.33. The number of unbranched alkanes of at least 4 members (excludes halogenated alkanes) is 1. The molecule has 2 bridgehead atoms. The molecule has 1 aromatic carbocycles. The summed E-state index contributed by atoms with van der Waals surface area (Å²) < 4.78 is 17.4. The molecule has 30 heavy (non-hydrogen) atoms. The minimum absolute atomic E-state index is 0.228. The minimum atomic E-state index is -0.732. The van der Waals surface area contributed by atoms with E-state index in [1.165, 1.54) is 0 Å². The van der Waals surface area contributed by atoms with Gasteiger partial charge in [0.05, 0.1) is 18.8 Å². The monoisotopic (exact) mass is 433 g/mol. The Morgan fingerprint density at radius 3 is 2.73 bits per heavy atom. The van der Waals surface area contributed by atoms with Gasteiger partial charge in [-0.1, -0.05) is 30.4 Å². The number of thiocarbonyl (C=S) groups is 1. The quantitative estimate of drug-likeness (QED) is 0.220. The van der Waals surface area contributed by atoms with Crippen molar-refractivity contribution in [3.63, 3.8) is 0 Å². The van der Waals surface area contributed by atoms with Crippen LogP contribution in [0.3, 0.4) is 0 Å². The first-order valence-electron chi connectivity index (χ1n) is 10.7. The molecule has 6 nitrogen and oxygen atoms in total. The van der Waals surface area contributed by atoms with E-state index in [0.717, 1.165) is 37.9 Å². The zero-order valence-electron chi connectivity index (χ0n) is 17.2. The smallest absolute Gasteiger partial charge is 0.303 e. The van der Waals surface area contributed by atoms with Crippen LogP contribution in [-0.4, -0.2) is 41.8 Å². The van der Waals surface area contributed by atoms with E-state index in [1.807, 2.05) is 30.3 Å². The van der Waals surface area contributed by atoms with E-state index in [1.54, 1.807) is 0 Å². The lowest BCUT2D eigenvalue weighted by Gasteiger charge is -2.27. The van der Waals surface area contributed by atoms with Crippen LogP contribution in [0.2, 0.25) is 0 Å². The third kappa shape index (κ3) is 6.99. The average molecular weight is 434 g/mol. The van der Waals surface area contributed by atoms with Crippen LogP contribution in [0.5, 0.6) is 5.75 Å². The largest absolute Gasteiger partial charge is 0.481 e. The van der Waals surface area contributed by atoms with Crippen molar-refractivity contribution in [1.82, 2.24) is 5.32 Å². The van der Waals surface area contributed by atoms with Gasteiger partial charge in [0.2, 0.25) is 0 Å². The molecule has 1 aromatic rings. The summed E-state index contributed by atoms with van der Waals surface area (Å²) in [5, 5.41) is 12.0. The van der Waals surface area contributed by atoms with Crippen LogP contribution < -0.4 is 10.1 Å². The summed E-state index contributed by atoms with van der Waals surface area (Å²) in [6, 6.07) is 9.56. The van der Waals surface area contributed by atoms with Crippen molar-refractivity contribution in [3.05, 3.63) is 42.5 Å². The number of aliphatic carboxylic acids is 1.